The number of hydrogen-bond acceptors (Lipinski definition) is 6. The van der Waals surface area contributed by atoms with Gasteiger partial charge in [-0.25, -0.2) is 17.9 Å². The lowest BCUT2D eigenvalue weighted by atomic mass is 10.1. The molecule has 0 saturated heterocycles. The van der Waals surface area contributed by atoms with Crippen LogP contribution >= 0.6 is 12.4 Å². The zero-order valence-electron chi connectivity index (χ0n) is 12.5. The number of esters is 1. The molecule has 2 atom stereocenters. The molecule has 22 heavy (non-hydrogen) atoms. The molecule has 0 spiro atoms. The average Bonchev–Trinajstić information content (AvgIpc) is 3.04. The van der Waals surface area contributed by atoms with Gasteiger partial charge in [0.25, 0.3) is 10.0 Å². The Balaban J connectivity index is 0.00000242. The SMILES string of the molecule is COC(=O)c1cc(S(=O)(=O)NC2CCCC2CN)oc1C.Cl. The van der Waals surface area contributed by atoms with Gasteiger partial charge in [0.1, 0.15) is 11.3 Å². The van der Waals surface area contributed by atoms with Crippen molar-refractivity contribution in [2.45, 2.75) is 37.3 Å². The van der Waals surface area contributed by atoms with Gasteiger partial charge < -0.3 is 14.9 Å². The molecule has 1 aliphatic rings. The Morgan fingerprint density at radius 1 is 1.50 bits per heavy atom. The summed E-state index contributed by atoms with van der Waals surface area (Å²) in [6, 6.07) is 1.00. The van der Waals surface area contributed by atoms with Gasteiger partial charge in [-0.3, -0.25) is 0 Å². The third-order valence-corrected chi connectivity index (χ3v) is 5.18. The van der Waals surface area contributed by atoms with Crippen LogP contribution in [0.4, 0.5) is 0 Å². The molecule has 9 heteroatoms. The van der Waals surface area contributed by atoms with Crippen molar-refractivity contribution in [1.82, 2.24) is 4.72 Å². The van der Waals surface area contributed by atoms with Gasteiger partial charge in [-0.2, -0.15) is 0 Å². The van der Waals surface area contributed by atoms with Crippen LogP contribution in [0.5, 0.6) is 0 Å². The summed E-state index contributed by atoms with van der Waals surface area (Å²) >= 11 is 0. The molecule has 0 aromatic carbocycles. The lowest BCUT2D eigenvalue weighted by Gasteiger charge is -2.18. The Bertz CT molecular complexity index is 628. The zero-order chi connectivity index (χ0) is 15.6. The predicted molar refractivity (Wildman–Crippen MR) is 82.5 cm³/mol. The number of nitrogens with one attached hydrogen (secondary N) is 1. The summed E-state index contributed by atoms with van der Waals surface area (Å²) in [5.41, 5.74) is 5.76. The Morgan fingerprint density at radius 2 is 2.18 bits per heavy atom. The number of hydrogen-bond donors (Lipinski definition) is 2. The molecule has 1 aliphatic carbocycles. The van der Waals surface area contributed by atoms with Gasteiger partial charge in [-0.1, -0.05) is 6.42 Å². The molecule has 0 amide bonds. The van der Waals surface area contributed by atoms with Crippen molar-refractivity contribution in [2.24, 2.45) is 11.7 Å². The number of rotatable bonds is 5. The van der Waals surface area contributed by atoms with Gasteiger partial charge in [-0.05, 0) is 32.2 Å². The summed E-state index contributed by atoms with van der Waals surface area (Å²) in [6.45, 7) is 1.96. The van der Waals surface area contributed by atoms with E-state index in [4.69, 9.17) is 10.2 Å². The average molecular weight is 353 g/mol. The number of halogens is 1. The van der Waals surface area contributed by atoms with E-state index in [0.29, 0.717) is 6.54 Å². The molecule has 1 aromatic heterocycles. The number of carbonyl (C=O) groups is 1. The van der Waals surface area contributed by atoms with Crippen LogP contribution in [0.25, 0.3) is 0 Å². The minimum absolute atomic E-state index is 0. The van der Waals surface area contributed by atoms with Crippen molar-refractivity contribution >= 4 is 28.4 Å². The maximum atomic E-state index is 12.3. The summed E-state index contributed by atoms with van der Waals surface area (Å²) in [5, 5.41) is -0.275. The van der Waals surface area contributed by atoms with E-state index in [1.165, 1.54) is 20.1 Å². The van der Waals surface area contributed by atoms with Gasteiger partial charge in [-0.15, -0.1) is 12.4 Å². The minimum atomic E-state index is -3.81. The van der Waals surface area contributed by atoms with E-state index in [-0.39, 0.29) is 40.8 Å². The predicted octanol–water partition coefficient (Wildman–Crippen LogP) is 1.20. The van der Waals surface area contributed by atoms with Gasteiger partial charge in [0.2, 0.25) is 5.09 Å². The van der Waals surface area contributed by atoms with Crippen molar-refractivity contribution in [2.75, 3.05) is 13.7 Å². The van der Waals surface area contributed by atoms with E-state index in [1.54, 1.807) is 0 Å². The molecule has 1 aromatic rings. The molecule has 0 radical (unpaired) electrons. The highest BCUT2D eigenvalue weighted by atomic mass is 35.5. The van der Waals surface area contributed by atoms with Gasteiger partial charge >= 0.3 is 5.97 Å². The highest BCUT2D eigenvalue weighted by molar-refractivity contribution is 7.89. The Hall–Kier alpha value is -1.09. The van der Waals surface area contributed by atoms with Crippen molar-refractivity contribution in [3.8, 4) is 0 Å². The first-order valence-electron chi connectivity index (χ1n) is 6.80. The van der Waals surface area contributed by atoms with E-state index in [0.717, 1.165) is 19.3 Å². The zero-order valence-corrected chi connectivity index (χ0v) is 14.1. The second kappa shape index (κ2) is 7.45. The molecule has 2 rings (SSSR count). The van der Waals surface area contributed by atoms with Crippen molar-refractivity contribution in [3.63, 3.8) is 0 Å². The molecule has 7 nitrogen and oxygen atoms in total. The normalized spacial score (nSPS) is 21.4. The molecule has 1 heterocycles. The third kappa shape index (κ3) is 3.81. The summed E-state index contributed by atoms with van der Waals surface area (Å²) in [7, 11) is -2.58. The van der Waals surface area contributed by atoms with Crippen LogP contribution < -0.4 is 10.5 Å². The van der Waals surface area contributed by atoms with Gasteiger partial charge in [0, 0.05) is 12.1 Å². The van der Waals surface area contributed by atoms with Gasteiger partial charge in [0.05, 0.1) is 7.11 Å². The highest BCUT2D eigenvalue weighted by Gasteiger charge is 2.32. The number of carbonyl (C=O) groups excluding carboxylic acids is 1. The monoisotopic (exact) mass is 352 g/mol. The molecular weight excluding hydrogens is 332 g/mol. The lowest BCUT2D eigenvalue weighted by molar-refractivity contribution is 0.0599. The van der Waals surface area contributed by atoms with Crippen molar-refractivity contribution in [1.29, 1.82) is 0 Å². The fourth-order valence-corrected chi connectivity index (χ4v) is 3.96. The van der Waals surface area contributed by atoms with Crippen LogP contribution in [0.3, 0.4) is 0 Å². The molecule has 126 valence electrons. The smallest absolute Gasteiger partial charge is 0.341 e. The number of nitrogens with two attached hydrogens (primary N) is 1. The summed E-state index contributed by atoms with van der Waals surface area (Å²) in [4.78, 5) is 11.5. The number of furan rings is 1. The van der Waals surface area contributed by atoms with Crippen LogP contribution in [0.1, 0.15) is 35.4 Å². The number of ether oxygens (including phenoxy) is 1. The second-order valence-corrected chi connectivity index (χ2v) is 6.83. The number of aryl methyl sites for hydroxylation is 1. The van der Waals surface area contributed by atoms with E-state index in [1.807, 2.05) is 0 Å². The maximum Gasteiger partial charge on any atom is 0.341 e. The van der Waals surface area contributed by atoms with Crippen LogP contribution in [0.15, 0.2) is 15.6 Å². The lowest BCUT2D eigenvalue weighted by Crippen LogP contribution is -2.39. The van der Waals surface area contributed by atoms with Gasteiger partial charge in [0.15, 0.2) is 0 Å². The number of sulfonamides is 1. The molecule has 1 saturated carbocycles. The largest absolute Gasteiger partial charge is 0.465 e. The highest BCUT2D eigenvalue weighted by Crippen LogP contribution is 2.27. The summed E-state index contributed by atoms with van der Waals surface area (Å²) in [5.74, 6) is -0.279. The molecule has 3 N–H and O–H groups in total. The molecule has 1 fully saturated rings. The molecule has 0 bridgehead atoms. The molecule has 0 aliphatic heterocycles. The van der Waals surface area contributed by atoms with E-state index >= 15 is 0 Å². The minimum Gasteiger partial charge on any atom is -0.465 e. The standard InChI is InChI=1S/C13H20N2O5S.ClH/c1-8-10(13(16)19-2)6-12(20-8)21(17,18)15-11-5-3-4-9(11)7-14;/h6,9,11,15H,3-5,7,14H2,1-2H3;1H. The van der Waals surface area contributed by atoms with Crippen LogP contribution in [-0.4, -0.2) is 34.1 Å². The van der Waals surface area contributed by atoms with E-state index in [9.17, 15) is 13.2 Å². The quantitative estimate of drug-likeness (QED) is 0.770. The third-order valence-electron chi connectivity index (χ3n) is 3.83. The Labute approximate surface area is 136 Å². The van der Waals surface area contributed by atoms with Crippen LogP contribution in [-0.2, 0) is 14.8 Å². The second-order valence-electron chi connectivity index (χ2n) is 5.18. The Morgan fingerprint density at radius 3 is 2.77 bits per heavy atom. The summed E-state index contributed by atoms with van der Waals surface area (Å²) in [6.07, 6.45) is 2.61. The fourth-order valence-electron chi connectivity index (χ4n) is 2.63. The topological polar surface area (TPSA) is 112 Å². The first-order valence-corrected chi connectivity index (χ1v) is 8.28. The van der Waals surface area contributed by atoms with Crippen LogP contribution in [0, 0.1) is 12.8 Å². The van der Waals surface area contributed by atoms with E-state index < -0.39 is 16.0 Å². The first kappa shape index (κ1) is 19.0. The summed E-state index contributed by atoms with van der Waals surface area (Å²) < 4.78 is 37.1. The van der Waals surface area contributed by atoms with E-state index in [2.05, 4.69) is 9.46 Å². The first-order chi connectivity index (χ1) is 9.89. The van der Waals surface area contributed by atoms with Crippen molar-refractivity contribution in [3.05, 3.63) is 17.4 Å². The molecule has 2 unspecified atom stereocenters. The number of methoxy groups -OCH3 is 1. The van der Waals surface area contributed by atoms with Crippen molar-refractivity contribution < 1.29 is 22.4 Å². The Kier molecular flexibility index (Phi) is 6.42. The van der Waals surface area contributed by atoms with Crippen LogP contribution in [0.2, 0.25) is 0 Å². The fraction of sp³-hybridized carbons (Fsp3) is 0.615. The molecular formula is C13H21ClN2O5S. The maximum absolute atomic E-state index is 12.3.